The van der Waals surface area contributed by atoms with E-state index in [4.69, 9.17) is 37.9 Å². The maximum absolute atomic E-state index is 12.1. The molecule has 0 aromatic rings. The minimum absolute atomic E-state index is 0.0730. The number of ether oxygens (including phenoxy) is 8. The Bertz CT molecular complexity index is 1080. The van der Waals surface area contributed by atoms with Crippen molar-refractivity contribution in [2.75, 3.05) is 6.61 Å². The number of hydrogen-bond donors (Lipinski definition) is 1. The Kier molecular flexibility index (Phi) is 10.1. The van der Waals surface area contributed by atoms with Gasteiger partial charge in [-0.2, -0.15) is 0 Å². The van der Waals surface area contributed by atoms with Crippen molar-refractivity contribution in [1.29, 1.82) is 0 Å². The minimum Gasteiger partial charge on any atom is -0.472 e. The number of hydrogen-bond acceptors (Lipinski definition) is 15. The zero-order valence-corrected chi connectivity index (χ0v) is 23.4. The topological polar surface area (TPSA) is 196 Å². The Labute approximate surface area is 235 Å². The highest BCUT2D eigenvalue weighted by Crippen LogP contribution is 2.50. The van der Waals surface area contributed by atoms with E-state index in [-0.39, 0.29) is 12.0 Å². The normalized spacial score (nSPS) is 36.0. The number of carbonyl (C=O) groups is 6. The van der Waals surface area contributed by atoms with Crippen LogP contribution in [-0.4, -0.2) is 96.5 Å². The summed E-state index contributed by atoms with van der Waals surface area (Å²) < 4.78 is 44.2. The van der Waals surface area contributed by atoms with E-state index in [0.29, 0.717) is 6.29 Å². The average molecular weight is 587 g/mol. The summed E-state index contributed by atoms with van der Waals surface area (Å²) in [6.45, 7) is 6.47. The third-order valence-electron chi connectivity index (χ3n) is 6.95. The first kappa shape index (κ1) is 32.0. The van der Waals surface area contributed by atoms with Crippen molar-refractivity contribution < 1.29 is 71.8 Å². The molecule has 10 atom stereocenters. The molecule has 0 aromatic heterocycles. The van der Waals surface area contributed by atoms with Crippen LogP contribution in [-0.2, 0) is 66.7 Å². The molecule has 0 radical (unpaired) electrons. The first-order valence-corrected chi connectivity index (χ1v) is 12.8. The second kappa shape index (κ2) is 13.0. The number of carbonyl (C=O) groups excluding carboxylic acids is 6. The molecule has 1 aliphatic carbocycles. The lowest BCUT2D eigenvalue weighted by atomic mass is 9.81. The molecule has 1 saturated heterocycles. The smallest absolute Gasteiger partial charge is 0.303 e. The maximum atomic E-state index is 12.1. The Hall–Kier alpha value is -3.56. The molecule has 1 N–H and O–H groups in total. The van der Waals surface area contributed by atoms with Crippen molar-refractivity contribution in [3.05, 3.63) is 11.8 Å². The fraction of sp³-hybridized carbons (Fsp3) is 0.692. The first-order chi connectivity index (χ1) is 19.1. The van der Waals surface area contributed by atoms with E-state index in [1.165, 1.54) is 13.8 Å². The molecule has 2 fully saturated rings. The van der Waals surface area contributed by atoms with Gasteiger partial charge >= 0.3 is 29.8 Å². The molecule has 41 heavy (non-hydrogen) atoms. The molecule has 3 aliphatic rings. The van der Waals surface area contributed by atoms with Crippen LogP contribution in [0.3, 0.4) is 0 Å². The molecule has 0 spiro atoms. The molecule has 3 rings (SSSR count). The predicted octanol–water partition coefficient (Wildman–Crippen LogP) is -0.156. The van der Waals surface area contributed by atoms with E-state index in [1.54, 1.807) is 0 Å². The third-order valence-corrected chi connectivity index (χ3v) is 6.95. The molecule has 1 saturated carbocycles. The number of aldehydes is 1. The molecule has 0 bridgehead atoms. The lowest BCUT2D eigenvalue weighted by molar-refractivity contribution is -0.349. The highest BCUT2D eigenvalue weighted by molar-refractivity contribution is 5.74. The molecule has 15 nitrogen and oxygen atoms in total. The van der Waals surface area contributed by atoms with Crippen LogP contribution in [0.5, 0.6) is 0 Å². The van der Waals surface area contributed by atoms with E-state index >= 15 is 0 Å². The van der Waals surface area contributed by atoms with Gasteiger partial charge in [-0.05, 0) is 13.3 Å². The molecule has 228 valence electrons. The van der Waals surface area contributed by atoms with Gasteiger partial charge in [-0.3, -0.25) is 28.8 Å². The zero-order chi connectivity index (χ0) is 30.6. The lowest BCUT2D eigenvalue weighted by Gasteiger charge is -2.46. The van der Waals surface area contributed by atoms with Crippen LogP contribution in [0, 0.1) is 11.8 Å². The molecule has 10 unspecified atom stereocenters. The molecule has 2 heterocycles. The third kappa shape index (κ3) is 7.40. The summed E-state index contributed by atoms with van der Waals surface area (Å²) in [5, 5.41) is 11.4. The quantitative estimate of drug-likeness (QED) is 0.212. The van der Waals surface area contributed by atoms with E-state index in [9.17, 15) is 33.9 Å². The zero-order valence-electron chi connectivity index (χ0n) is 23.4. The summed E-state index contributed by atoms with van der Waals surface area (Å²) in [6.07, 6.45) is -7.94. The Morgan fingerprint density at radius 2 is 1.44 bits per heavy atom. The van der Waals surface area contributed by atoms with Crippen molar-refractivity contribution in [3.8, 4) is 0 Å². The van der Waals surface area contributed by atoms with Crippen molar-refractivity contribution >= 4 is 36.1 Å². The van der Waals surface area contributed by atoms with E-state index in [2.05, 4.69) is 0 Å². The number of allylic oxidation sites excluding steroid dienone is 1. The van der Waals surface area contributed by atoms with Gasteiger partial charge < -0.3 is 43.0 Å². The van der Waals surface area contributed by atoms with Gasteiger partial charge in [0.1, 0.15) is 30.7 Å². The minimum atomic E-state index is -1.76. The Morgan fingerprint density at radius 3 is 1.98 bits per heavy atom. The Balaban J connectivity index is 2.02. The van der Waals surface area contributed by atoms with E-state index in [1.807, 2.05) is 0 Å². The van der Waals surface area contributed by atoms with Gasteiger partial charge in [0.2, 0.25) is 12.6 Å². The molecule has 0 aromatic carbocycles. The number of rotatable bonds is 9. The molecule has 0 amide bonds. The van der Waals surface area contributed by atoms with Gasteiger partial charge in [-0.1, -0.05) is 0 Å². The van der Waals surface area contributed by atoms with Gasteiger partial charge in [0.05, 0.1) is 12.2 Å². The standard InChI is InChI=1S/C26H34O15/c1-11(28)34-10-18-21(37-13(3)30)22(38-14(4)31)23(39-15(5)32)25(40-18)41-24-20-17(16(8-27)9-35-24)7-19(26(20,6)33)36-12(2)29/h8-9,17-25,33H,7,10H2,1-6H3. The van der Waals surface area contributed by atoms with Gasteiger partial charge in [0.25, 0.3) is 0 Å². The van der Waals surface area contributed by atoms with Crippen molar-refractivity contribution in [2.24, 2.45) is 11.8 Å². The van der Waals surface area contributed by atoms with Gasteiger partial charge in [0, 0.05) is 46.1 Å². The molecular weight excluding hydrogens is 552 g/mol. The van der Waals surface area contributed by atoms with Crippen LogP contribution < -0.4 is 0 Å². The second-order valence-corrected chi connectivity index (χ2v) is 10.1. The predicted molar refractivity (Wildman–Crippen MR) is 130 cm³/mol. The van der Waals surface area contributed by atoms with Gasteiger partial charge in [-0.25, -0.2) is 0 Å². The summed E-state index contributed by atoms with van der Waals surface area (Å²) in [5.74, 6) is -5.47. The van der Waals surface area contributed by atoms with Crippen molar-refractivity contribution in [2.45, 2.75) is 96.7 Å². The molecule has 2 aliphatic heterocycles. The average Bonchev–Trinajstić information content (AvgIpc) is 3.10. The summed E-state index contributed by atoms with van der Waals surface area (Å²) in [7, 11) is 0. The number of esters is 5. The van der Waals surface area contributed by atoms with Gasteiger partial charge in [-0.15, -0.1) is 0 Å². The Morgan fingerprint density at radius 1 is 0.878 bits per heavy atom. The SMILES string of the molecule is CC(=O)OCC1OC(OC2OC=C(C=O)C3CC(OC(C)=O)C(C)(O)C23)C(OC(C)=O)C(OC(C)=O)C1OC(C)=O. The van der Waals surface area contributed by atoms with Crippen LogP contribution in [0.15, 0.2) is 11.8 Å². The highest BCUT2D eigenvalue weighted by Gasteiger charge is 2.61. The fourth-order valence-electron chi connectivity index (χ4n) is 5.39. The number of fused-ring (bicyclic) bond motifs is 1. The van der Waals surface area contributed by atoms with Crippen LogP contribution in [0.1, 0.15) is 48.0 Å². The summed E-state index contributed by atoms with van der Waals surface area (Å²) >= 11 is 0. The number of aliphatic hydroxyl groups is 1. The van der Waals surface area contributed by atoms with Gasteiger partial charge in [0.15, 0.2) is 18.3 Å². The van der Waals surface area contributed by atoms with E-state index in [0.717, 1.165) is 34.0 Å². The fourth-order valence-corrected chi connectivity index (χ4v) is 5.39. The van der Waals surface area contributed by atoms with Crippen molar-refractivity contribution in [1.82, 2.24) is 0 Å². The highest BCUT2D eigenvalue weighted by atomic mass is 16.8. The largest absolute Gasteiger partial charge is 0.472 e. The maximum Gasteiger partial charge on any atom is 0.303 e. The van der Waals surface area contributed by atoms with E-state index < -0.39 is 97.0 Å². The van der Waals surface area contributed by atoms with Crippen LogP contribution in [0.4, 0.5) is 0 Å². The van der Waals surface area contributed by atoms with Crippen LogP contribution in [0.2, 0.25) is 0 Å². The summed E-state index contributed by atoms with van der Waals surface area (Å²) in [5.41, 5.74) is -1.58. The van der Waals surface area contributed by atoms with Crippen LogP contribution in [0.25, 0.3) is 0 Å². The monoisotopic (exact) mass is 586 g/mol. The summed E-state index contributed by atoms with van der Waals surface area (Å²) in [4.78, 5) is 71.1. The van der Waals surface area contributed by atoms with Crippen LogP contribution >= 0.6 is 0 Å². The summed E-state index contributed by atoms with van der Waals surface area (Å²) in [6, 6.07) is 0. The lowest BCUT2D eigenvalue weighted by Crippen LogP contribution is -2.64. The molecular formula is C26H34O15. The first-order valence-electron chi connectivity index (χ1n) is 12.8. The molecule has 15 heteroatoms. The van der Waals surface area contributed by atoms with Crippen molar-refractivity contribution in [3.63, 3.8) is 0 Å². The second-order valence-electron chi connectivity index (χ2n) is 10.1.